The van der Waals surface area contributed by atoms with Gasteiger partial charge in [0.2, 0.25) is 0 Å². The molecule has 0 radical (unpaired) electrons. The van der Waals surface area contributed by atoms with Crippen LogP contribution in [0.3, 0.4) is 0 Å². The third kappa shape index (κ3) is 3.42. The summed E-state index contributed by atoms with van der Waals surface area (Å²) < 4.78 is 17.4. The van der Waals surface area contributed by atoms with Crippen molar-refractivity contribution in [1.29, 1.82) is 0 Å². The zero-order valence-electron chi connectivity index (χ0n) is 12.8. The van der Waals surface area contributed by atoms with Gasteiger partial charge in [-0.25, -0.2) is 0 Å². The molecule has 0 aliphatic rings. The molecular formula is C20H18FSb. The molecule has 0 saturated carbocycles. The Kier molecular flexibility index (Phi) is 4.64. The second-order valence-electron chi connectivity index (χ2n) is 5.48. The molecule has 0 aromatic heterocycles. The summed E-state index contributed by atoms with van der Waals surface area (Å²) in [6.07, 6.45) is 0. The number of rotatable bonds is 3. The predicted molar refractivity (Wildman–Crippen MR) is 93.4 cm³/mol. The van der Waals surface area contributed by atoms with Crippen molar-refractivity contribution < 1.29 is 4.39 Å². The molecule has 0 aliphatic carbocycles. The van der Waals surface area contributed by atoms with Crippen LogP contribution in [0.15, 0.2) is 72.8 Å². The maximum atomic E-state index is 13.3. The molecule has 0 aliphatic heterocycles. The third-order valence-electron chi connectivity index (χ3n) is 3.67. The Labute approximate surface area is 138 Å². The Morgan fingerprint density at radius 1 is 0.545 bits per heavy atom. The van der Waals surface area contributed by atoms with Gasteiger partial charge in [-0.3, -0.25) is 0 Å². The van der Waals surface area contributed by atoms with E-state index in [9.17, 15) is 4.39 Å². The van der Waals surface area contributed by atoms with E-state index < -0.39 is 20.2 Å². The molecule has 22 heavy (non-hydrogen) atoms. The Hall–Kier alpha value is -1.59. The molecule has 0 N–H and O–H groups in total. The van der Waals surface area contributed by atoms with Crippen molar-refractivity contribution in [2.45, 2.75) is 13.8 Å². The second kappa shape index (κ2) is 6.67. The molecule has 0 fully saturated rings. The third-order valence-corrected chi connectivity index (χ3v) is 10.6. The Morgan fingerprint density at radius 2 is 0.864 bits per heavy atom. The van der Waals surface area contributed by atoms with Gasteiger partial charge in [-0.2, -0.15) is 0 Å². The summed E-state index contributed by atoms with van der Waals surface area (Å²) in [5.41, 5.74) is 2.54. The van der Waals surface area contributed by atoms with Gasteiger partial charge in [0.15, 0.2) is 0 Å². The zero-order chi connectivity index (χ0) is 15.5. The van der Waals surface area contributed by atoms with Gasteiger partial charge in [-0.05, 0) is 0 Å². The molecule has 3 rings (SSSR count). The summed E-state index contributed by atoms with van der Waals surface area (Å²) in [4.78, 5) is 0. The van der Waals surface area contributed by atoms with E-state index in [4.69, 9.17) is 0 Å². The molecule has 3 aromatic carbocycles. The first-order valence-corrected chi connectivity index (χ1v) is 11.2. The van der Waals surface area contributed by atoms with Crippen LogP contribution in [0.25, 0.3) is 0 Å². The molecule has 0 nitrogen and oxygen atoms in total. The fourth-order valence-corrected chi connectivity index (χ4v) is 8.81. The van der Waals surface area contributed by atoms with Gasteiger partial charge in [0.05, 0.1) is 0 Å². The fourth-order valence-electron chi connectivity index (χ4n) is 2.43. The maximum absolute atomic E-state index is 13.3. The van der Waals surface area contributed by atoms with Crippen LogP contribution in [-0.2, 0) is 0 Å². The average Bonchev–Trinajstić information content (AvgIpc) is 2.53. The van der Waals surface area contributed by atoms with E-state index in [-0.39, 0.29) is 5.82 Å². The van der Waals surface area contributed by atoms with Gasteiger partial charge in [0, 0.05) is 0 Å². The van der Waals surface area contributed by atoms with Crippen LogP contribution in [-0.4, -0.2) is 20.2 Å². The molecule has 3 aromatic rings. The van der Waals surface area contributed by atoms with Crippen LogP contribution in [0.1, 0.15) is 11.1 Å². The van der Waals surface area contributed by atoms with Crippen molar-refractivity contribution in [3.8, 4) is 0 Å². The summed E-state index contributed by atoms with van der Waals surface area (Å²) in [6.45, 7) is 4.21. The Morgan fingerprint density at radius 3 is 1.23 bits per heavy atom. The molecule has 0 saturated heterocycles. The first kappa shape index (κ1) is 15.3. The molecule has 110 valence electrons. The molecule has 0 spiro atoms. The van der Waals surface area contributed by atoms with Crippen molar-refractivity contribution in [3.63, 3.8) is 0 Å². The molecule has 0 bridgehead atoms. The van der Waals surface area contributed by atoms with Gasteiger partial charge >= 0.3 is 139 Å². The first-order chi connectivity index (χ1) is 10.6. The summed E-state index contributed by atoms with van der Waals surface area (Å²) in [5.74, 6) is -0.169. The number of benzene rings is 3. The van der Waals surface area contributed by atoms with E-state index in [1.807, 2.05) is 12.1 Å². The second-order valence-corrected chi connectivity index (χ2v) is 11.8. The summed E-state index contributed by atoms with van der Waals surface area (Å²) in [6, 6.07) is 24.7. The van der Waals surface area contributed by atoms with E-state index in [0.717, 1.165) is 0 Å². The van der Waals surface area contributed by atoms with Crippen LogP contribution in [0.2, 0.25) is 0 Å². The molecule has 0 atom stereocenters. The van der Waals surface area contributed by atoms with Crippen LogP contribution >= 0.6 is 0 Å². The topological polar surface area (TPSA) is 0 Å². The summed E-state index contributed by atoms with van der Waals surface area (Å²) >= 11 is -2.07. The van der Waals surface area contributed by atoms with Crippen LogP contribution < -0.4 is 10.5 Å². The van der Waals surface area contributed by atoms with Crippen molar-refractivity contribution in [3.05, 3.63) is 89.7 Å². The first-order valence-electron chi connectivity index (χ1n) is 7.32. The summed E-state index contributed by atoms with van der Waals surface area (Å²) in [5, 5.41) is 0. The normalized spacial score (nSPS) is 10.9. The Balaban J connectivity index is 2.10. The van der Waals surface area contributed by atoms with Crippen LogP contribution in [0, 0.1) is 19.7 Å². The summed E-state index contributed by atoms with van der Waals surface area (Å²) in [7, 11) is 0. The minimum absolute atomic E-state index is 0.169. The minimum atomic E-state index is -2.07. The molecule has 0 unspecified atom stereocenters. The van der Waals surface area contributed by atoms with Crippen molar-refractivity contribution in [2.75, 3.05) is 0 Å². The number of hydrogen-bond acceptors (Lipinski definition) is 0. The quantitative estimate of drug-likeness (QED) is 0.595. The zero-order valence-corrected chi connectivity index (χ0v) is 15.3. The molecular weight excluding hydrogens is 381 g/mol. The van der Waals surface area contributed by atoms with Crippen LogP contribution in [0.5, 0.6) is 0 Å². The number of aryl methyl sites for hydroxylation is 2. The molecule has 0 heterocycles. The van der Waals surface area contributed by atoms with E-state index in [2.05, 4.69) is 62.4 Å². The SMILES string of the molecule is Cc1cc[c]([Sb]([c]2ccc(C)cc2)[c]2ccc(F)cc2)cc1. The van der Waals surface area contributed by atoms with E-state index >= 15 is 0 Å². The van der Waals surface area contributed by atoms with Crippen molar-refractivity contribution >= 4 is 30.7 Å². The standard InChI is InChI=1S/2C7H7.C6H4F.Sb/c2*1-7-5-3-2-4-6-7;7-6-4-2-1-3-5-6;/h2*3-6H,1H3;2-5H;. The van der Waals surface area contributed by atoms with Gasteiger partial charge in [-0.15, -0.1) is 0 Å². The van der Waals surface area contributed by atoms with Gasteiger partial charge < -0.3 is 0 Å². The van der Waals surface area contributed by atoms with Gasteiger partial charge in [-0.1, -0.05) is 0 Å². The van der Waals surface area contributed by atoms with Gasteiger partial charge in [0.25, 0.3) is 0 Å². The average molecular weight is 399 g/mol. The van der Waals surface area contributed by atoms with E-state index in [0.29, 0.717) is 0 Å². The monoisotopic (exact) mass is 398 g/mol. The predicted octanol–water partition coefficient (Wildman–Crippen LogP) is 2.96. The fraction of sp³-hybridized carbons (Fsp3) is 0.100. The number of hydrogen-bond donors (Lipinski definition) is 0. The van der Waals surface area contributed by atoms with E-state index in [1.165, 1.54) is 21.7 Å². The van der Waals surface area contributed by atoms with Crippen LogP contribution in [0.4, 0.5) is 4.39 Å². The van der Waals surface area contributed by atoms with Crippen molar-refractivity contribution in [1.82, 2.24) is 0 Å². The number of halogens is 1. The van der Waals surface area contributed by atoms with Crippen molar-refractivity contribution in [2.24, 2.45) is 0 Å². The molecule has 2 heteroatoms. The molecule has 0 amide bonds. The van der Waals surface area contributed by atoms with E-state index in [1.54, 1.807) is 12.1 Å². The Bertz CT molecular complexity index is 635. The van der Waals surface area contributed by atoms with Gasteiger partial charge in [0.1, 0.15) is 0 Å².